The molecule has 120 heavy (non-hydrogen) atoms. The summed E-state index contributed by atoms with van der Waals surface area (Å²) in [5.41, 5.74) is 2.80. The molecule has 638 valence electrons. The van der Waals surface area contributed by atoms with Crippen LogP contribution in [0.2, 0.25) is 0 Å². The first-order valence-corrected chi connectivity index (χ1v) is 39.6. The predicted octanol–water partition coefficient (Wildman–Crippen LogP) is 10.5. The van der Waals surface area contributed by atoms with Crippen molar-refractivity contribution in [3.8, 4) is 17.8 Å². The van der Waals surface area contributed by atoms with Crippen LogP contribution in [0.5, 0.6) is 17.8 Å². The Labute approximate surface area is 687 Å². The number of nitrogens with zero attached hydrogens (tertiary/aromatic N) is 18. The maximum atomic E-state index is 13.6. The molecule has 12 heterocycles. The Morgan fingerprint density at radius 3 is 1.20 bits per heavy atom. The fraction of sp³-hybridized carbons (Fsp3) is 0.418. The van der Waals surface area contributed by atoms with E-state index in [0.717, 1.165) is 22.8 Å². The lowest BCUT2D eigenvalue weighted by atomic mass is 10.1. The number of halogens is 6. The molecule has 3 saturated heterocycles. The number of rotatable bonds is 14. The first-order valence-electron chi connectivity index (χ1n) is 38.0. The lowest BCUT2D eigenvalue weighted by molar-refractivity contribution is -0.118. The van der Waals surface area contributed by atoms with Gasteiger partial charge in [-0.1, -0.05) is 18.2 Å². The van der Waals surface area contributed by atoms with Crippen LogP contribution in [0.3, 0.4) is 0 Å². The van der Waals surface area contributed by atoms with Crippen molar-refractivity contribution < 1.29 is 92.9 Å². The minimum absolute atomic E-state index is 0.00716. The molecule has 6 aliphatic heterocycles. The van der Waals surface area contributed by atoms with E-state index >= 15 is 0 Å². The summed E-state index contributed by atoms with van der Waals surface area (Å²) >= 11 is 0. The summed E-state index contributed by atoms with van der Waals surface area (Å²) in [6.07, 6.45) is 15.4. The number of benzene rings is 3. The van der Waals surface area contributed by atoms with Crippen LogP contribution in [0, 0.1) is 52.7 Å². The third-order valence-electron chi connectivity index (χ3n) is 19.1. The summed E-state index contributed by atoms with van der Waals surface area (Å²) in [6.45, 7) is 21.1. The summed E-state index contributed by atoms with van der Waals surface area (Å²) in [4.78, 5) is 121. The minimum atomic E-state index is -1.61. The topological polar surface area (TPSA) is 377 Å². The van der Waals surface area contributed by atoms with E-state index in [1.54, 1.807) is 135 Å². The van der Waals surface area contributed by atoms with Gasteiger partial charge in [-0.3, -0.25) is 47.8 Å². The molecule has 41 heteroatoms. The van der Waals surface area contributed by atoms with Crippen LogP contribution in [0.1, 0.15) is 98.7 Å². The van der Waals surface area contributed by atoms with E-state index in [4.69, 9.17) is 23.7 Å². The van der Waals surface area contributed by atoms with Crippen LogP contribution in [0.25, 0.3) is 0 Å². The lowest BCUT2D eigenvalue weighted by Gasteiger charge is -2.36. The SMILES string of the molecule is CS(=O)c1ncccn1.C[C@H]1Cn2ncc(N3CC(CO)CC3=O)c2CN1C(=O)OC(C)(C)C.C[C@H]1Cn2ncc(N3CC(COc4ncccn4)CC3=O)c2CN1C(=O)Nc1cc(F)c(F)c(F)c1.C[C@H]1Cn2ncc(N3CC(COc4ncccn4)CC3=O)c2CN1C(=O)OC(C)(C)C.O=C(Nc1cc(F)c(F)c(F)c1)Oc1ccccc1. The fourth-order valence-corrected chi connectivity index (χ4v) is 13.8. The van der Waals surface area contributed by atoms with Crippen molar-refractivity contribution in [2.45, 2.75) is 155 Å². The Bertz CT molecular complexity index is 5100. The van der Waals surface area contributed by atoms with E-state index in [1.165, 1.54) is 17.0 Å². The molecule has 4 unspecified atom stereocenters. The van der Waals surface area contributed by atoms with Gasteiger partial charge in [-0.15, -0.1) is 0 Å². The van der Waals surface area contributed by atoms with Gasteiger partial charge in [0, 0.05) is 137 Å². The minimum Gasteiger partial charge on any atom is -0.463 e. The second-order valence-corrected chi connectivity index (χ2v) is 32.0. The highest BCUT2D eigenvalue weighted by Crippen LogP contribution is 2.37. The summed E-state index contributed by atoms with van der Waals surface area (Å²) in [6, 6.07) is 15.5. The summed E-state index contributed by atoms with van der Waals surface area (Å²) in [5.74, 6) is -8.73. The number of ether oxygens (including phenoxy) is 5. The van der Waals surface area contributed by atoms with Gasteiger partial charge in [0.1, 0.15) is 17.0 Å². The zero-order valence-electron chi connectivity index (χ0n) is 67.2. The molecule has 0 aliphatic carbocycles. The number of fused-ring (bicyclic) bond motifs is 3. The molecule has 6 aliphatic rings. The molecule has 0 spiro atoms. The molecule has 0 saturated carbocycles. The second-order valence-electron chi connectivity index (χ2n) is 30.7. The van der Waals surface area contributed by atoms with Gasteiger partial charge in [-0.25, -0.2) is 75.4 Å². The number of hydrogen-bond donors (Lipinski definition) is 3. The molecule has 34 nitrogen and oxygen atoms in total. The Morgan fingerprint density at radius 1 is 0.492 bits per heavy atom. The standard InChI is InChI=1S/C23H22F3N7O3.C21H28N6O4.C17H26N4O4.C13H8F3NO2.C5H6N2OS/c1-13-9-33-19(11-31(13)23(35)30-15-6-16(24)21(26)17(25)7-15)18(8-29-33)32-10-14(5-20(32)34)12-36-22-27-3-2-4-28-22;1-14-10-27-17(12-25(14)20(29)31-21(2,3)4)16(9-24-27)26-11-15(8-18(26)28)13-30-19-22-6-5-7-23-19;1-11-7-21-14(9-19(11)16(24)25-17(2,3)4)13(6-18-21)20-8-12(10-22)5-15(20)23;14-10-6-8(7-11(15)12(10)16)17-13(18)19-9-4-2-1-3-5-9;1-9(8)5-6-3-2-4-7-5/h2-4,6-8,13-14H,5,9-12H2,1H3,(H,30,35);5-7,9,14-15H,8,10-13H2,1-4H3;6,11-12,22H,5,7-10H2,1-4H3;1-7H,(H,17,18);2-4H,1H3/t13-,14?;14-,15?;11-,12?;;/m000../s1. The van der Waals surface area contributed by atoms with Crippen molar-refractivity contribution in [3.63, 3.8) is 0 Å². The Hall–Kier alpha value is -12.7. The van der Waals surface area contributed by atoms with E-state index in [1.807, 2.05) is 64.8 Å². The van der Waals surface area contributed by atoms with E-state index in [0.29, 0.717) is 119 Å². The largest absolute Gasteiger partial charge is 0.463 e. The van der Waals surface area contributed by atoms with Gasteiger partial charge in [0.25, 0.3) is 0 Å². The molecular formula is C79H90F6N20O14S. The first kappa shape index (κ1) is 88.1. The van der Waals surface area contributed by atoms with Crippen LogP contribution >= 0.6 is 0 Å². The normalized spacial score (nSPS) is 18.8. The Morgan fingerprint density at radius 2 is 0.842 bits per heavy atom. The van der Waals surface area contributed by atoms with E-state index in [9.17, 15) is 69.2 Å². The molecule has 3 fully saturated rings. The summed E-state index contributed by atoms with van der Waals surface area (Å²) < 4.78 is 122. The lowest BCUT2D eigenvalue weighted by Crippen LogP contribution is -2.47. The third-order valence-corrected chi connectivity index (χ3v) is 19.8. The molecule has 7 atom stereocenters. The van der Waals surface area contributed by atoms with Crippen molar-refractivity contribution in [2.24, 2.45) is 17.8 Å². The van der Waals surface area contributed by atoms with Crippen LogP contribution in [0.15, 0.2) is 134 Å². The fourth-order valence-electron chi connectivity index (χ4n) is 13.4. The highest BCUT2D eigenvalue weighted by atomic mass is 32.2. The summed E-state index contributed by atoms with van der Waals surface area (Å²) in [7, 11) is -1.05. The van der Waals surface area contributed by atoms with E-state index in [2.05, 4.69) is 55.8 Å². The summed E-state index contributed by atoms with van der Waals surface area (Å²) in [5, 5.41) is 27.5. The smallest absolute Gasteiger partial charge is 0.417 e. The zero-order chi connectivity index (χ0) is 86.4. The average molecular weight is 1690 g/mol. The molecule has 9 aromatic rings. The van der Waals surface area contributed by atoms with E-state index in [-0.39, 0.29) is 115 Å². The second kappa shape index (κ2) is 38.8. The van der Waals surface area contributed by atoms with E-state index < -0.39 is 69.0 Å². The maximum Gasteiger partial charge on any atom is 0.417 e. The third kappa shape index (κ3) is 22.8. The Balaban J connectivity index is 0.000000154. The quantitative estimate of drug-likeness (QED) is 0.0517. The van der Waals surface area contributed by atoms with Gasteiger partial charge in [0.05, 0.1) is 140 Å². The highest BCUT2D eigenvalue weighted by Gasteiger charge is 2.42. The monoisotopic (exact) mass is 1690 g/mol. The molecule has 15 rings (SSSR count). The van der Waals surface area contributed by atoms with Crippen molar-refractivity contribution in [2.75, 3.05) is 71.0 Å². The number of urea groups is 1. The van der Waals surface area contributed by atoms with Crippen molar-refractivity contribution >= 4 is 81.3 Å². The van der Waals surface area contributed by atoms with Gasteiger partial charge >= 0.3 is 36.3 Å². The molecule has 3 aromatic carbocycles. The van der Waals surface area contributed by atoms with Crippen LogP contribution < -0.4 is 39.5 Å². The van der Waals surface area contributed by atoms with Crippen LogP contribution in [0.4, 0.5) is 74.0 Å². The molecule has 8 amide bonds. The first-order chi connectivity index (χ1) is 57.1. The number of nitrogens with one attached hydrogen (secondary N) is 2. The predicted molar refractivity (Wildman–Crippen MR) is 420 cm³/mol. The number of anilines is 5. The van der Waals surface area contributed by atoms with Crippen molar-refractivity contribution in [1.82, 2.24) is 73.9 Å². The van der Waals surface area contributed by atoms with Gasteiger partial charge in [0.2, 0.25) is 22.9 Å². The number of carbonyl (C=O) groups excluding carboxylic acids is 7. The number of para-hydroxylation sites is 1. The van der Waals surface area contributed by atoms with Crippen LogP contribution in [-0.2, 0) is 73.9 Å². The molecular weight excluding hydrogens is 1600 g/mol. The number of hydrogen-bond acceptors (Lipinski definition) is 23. The van der Waals surface area contributed by atoms with Gasteiger partial charge < -0.3 is 53.7 Å². The number of aliphatic hydroxyl groups excluding tert-OH is 1. The molecule has 6 aromatic heterocycles. The highest BCUT2D eigenvalue weighted by molar-refractivity contribution is 7.84. The average Bonchev–Trinajstić information content (AvgIpc) is 1.63. The van der Waals surface area contributed by atoms with Gasteiger partial charge in [0.15, 0.2) is 34.9 Å². The van der Waals surface area contributed by atoms with Crippen molar-refractivity contribution in [3.05, 3.63) is 181 Å². The van der Waals surface area contributed by atoms with Gasteiger partial charge in [-0.05, 0) is 92.6 Å². The number of aliphatic hydroxyl groups is 1. The Kier molecular flexibility index (Phi) is 28.5. The van der Waals surface area contributed by atoms with Crippen molar-refractivity contribution in [1.29, 1.82) is 0 Å². The number of aromatic nitrogens is 12. The van der Waals surface area contributed by atoms with Crippen LogP contribution in [-0.4, -0.2) is 200 Å². The number of amides is 8. The molecule has 3 N–H and O–H groups in total. The molecule has 0 bridgehead atoms. The zero-order valence-corrected chi connectivity index (χ0v) is 68.0. The van der Waals surface area contributed by atoms with Gasteiger partial charge in [-0.2, -0.15) is 15.3 Å². The molecule has 0 radical (unpaired) electrons. The number of carbonyl (C=O) groups is 7. The maximum absolute atomic E-state index is 13.6.